The molecule has 0 saturated carbocycles. The molecule has 0 spiro atoms. The predicted molar refractivity (Wildman–Crippen MR) is 50.0 cm³/mol. The largest absolute Gasteiger partial charge is 0.161 e. The maximum atomic E-state index is 3.71. The van der Waals surface area contributed by atoms with Crippen molar-refractivity contribution < 1.29 is 0 Å². The van der Waals surface area contributed by atoms with Crippen LogP contribution in [0.4, 0.5) is 0 Å². The number of unbranched alkanes of at least 4 members (excludes halogenated alkanes) is 1. The Kier molecular flexibility index (Phi) is 9.38. The lowest BCUT2D eigenvalue weighted by Gasteiger charge is -1.96. The van der Waals surface area contributed by atoms with Crippen LogP contribution >= 0.6 is 23.5 Å². The number of thioether (sulfide) groups is 2. The Bertz CT molecular complexity index is 40.2. The van der Waals surface area contributed by atoms with Crippen molar-refractivity contribution in [3.63, 3.8) is 0 Å². The summed E-state index contributed by atoms with van der Waals surface area (Å²) < 4.78 is 0. The minimum Gasteiger partial charge on any atom is -0.161 e. The quantitative estimate of drug-likeness (QED) is 0.552. The standard InChI is InChI=1S/C7H15S2/c1-3-4-5-9-7-6-8-2/h2-7H2,1H3. The van der Waals surface area contributed by atoms with Gasteiger partial charge in [-0.15, -0.1) is 0 Å². The highest BCUT2D eigenvalue weighted by Gasteiger charge is 1.85. The van der Waals surface area contributed by atoms with E-state index in [1.165, 1.54) is 30.1 Å². The Labute approximate surface area is 67.2 Å². The molecule has 0 N–H and O–H groups in total. The first-order chi connectivity index (χ1) is 4.41. The van der Waals surface area contributed by atoms with Crippen LogP contribution in [0.25, 0.3) is 0 Å². The van der Waals surface area contributed by atoms with E-state index in [0.717, 1.165) is 0 Å². The second-order valence-corrected chi connectivity index (χ2v) is 3.92. The third-order valence-electron chi connectivity index (χ3n) is 1.01. The first kappa shape index (κ1) is 9.70. The molecule has 0 aliphatic rings. The zero-order chi connectivity index (χ0) is 6.95. The highest BCUT2D eigenvalue weighted by atomic mass is 32.2. The summed E-state index contributed by atoms with van der Waals surface area (Å²) in [4.78, 5) is 0. The van der Waals surface area contributed by atoms with Gasteiger partial charge in [0.05, 0.1) is 0 Å². The Morgan fingerprint density at radius 2 is 2.00 bits per heavy atom. The zero-order valence-corrected chi connectivity index (χ0v) is 7.69. The molecule has 0 aromatic heterocycles. The van der Waals surface area contributed by atoms with Gasteiger partial charge in [0.2, 0.25) is 0 Å². The van der Waals surface area contributed by atoms with E-state index in [4.69, 9.17) is 0 Å². The normalized spacial score (nSPS) is 10.0. The van der Waals surface area contributed by atoms with Gasteiger partial charge in [-0.25, -0.2) is 0 Å². The molecule has 0 aromatic rings. The molecular formula is C7H15S2. The summed E-state index contributed by atoms with van der Waals surface area (Å²) in [5.74, 6) is 3.81. The van der Waals surface area contributed by atoms with Crippen molar-refractivity contribution in [3.05, 3.63) is 6.26 Å². The molecule has 0 heterocycles. The SMILES string of the molecule is [CH2]SCCSCCCC. The molecular weight excluding hydrogens is 148 g/mol. The van der Waals surface area contributed by atoms with Gasteiger partial charge in [0.15, 0.2) is 0 Å². The molecule has 0 fully saturated rings. The lowest BCUT2D eigenvalue weighted by atomic mass is 10.4. The zero-order valence-electron chi connectivity index (χ0n) is 6.06. The second kappa shape index (κ2) is 8.70. The summed E-state index contributed by atoms with van der Waals surface area (Å²) in [6, 6.07) is 0. The van der Waals surface area contributed by atoms with E-state index < -0.39 is 0 Å². The first-order valence-electron chi connectivity index (χ1n) is 3.36. The summed E-state index contributed by atoms with van der Waals surface area (Å²) >= 11 is 3.73. The van der Waals surface area contributed by atoms with Crippen molar-refractivity contribution in [3.8, 4) is 0 Å². The van der Waals surface area contributed by atoms with Crippen molar-refractivity contribution >= 4 is 23.5 Å². The monoisotopic (exact) mass is 163 g/mol. The molecule has 0 aromatic carbocycles. The Morgan fingerprint density at radius 3 is 2.56 bits per heavy atom. The van der Waals surface area contributed by atoms with Crippen LogP contribution in [0.5, 0.6) is 0 Å². The van der Waals surface area contributed by atoms with Crippen LogP contribution < -0.4 is 0 Å². The summed E-state index contributed by atoms with van der Waals surface area (Å²) in [6.07, 6.45) is 6.40. The highest BCUT2D eigenvalue weighted by Crippen LogP contribution is 2.07. The van der Waals surface area contributed by atoms with Gasteiger partial charge >= 0.3 is 0 Å². The average molecular weight is 163 g/mol. The van der Waals surface area contributed by atoms with E-state index >= 15 is 0 Å². The molecule has 55 valence electrons. The van der Waals surface area contributed by atoms with Gasteiger partial charge in [-0.3, -0.25) is 0 Å². The van der Waals surface area contributed by atoms with E-state index in [9.17, 15) is 0 Å². The first-order valence-corrected chi connectivity index (χ1v) is 5.67. The van der Waals surface area contributed by atoms with Crippen LogP contribution in [0.1, 0.15) is 19.8 Å². The third-order valence-corrected chi connectivity index (χ3v) is 2.84. The Balaban J connectivity index is 2.60. The molecule has 2 heteroatoms. The minimum absolute atomic E-state index is 1.20. The molecule has 0 aliphatic carbocycles. The minimum atomic E-state index is 1.20. The van der Waals surface area contributed by atoms with Crippen LogP contribution in [0, 0.1) is 6.26 Å². The van der Waals surface area contributed by atoms with Gasteiger partial charge in [-0.1, -0.05) is 13.3 Å². The molecule has 0 nitrogen and oxygen atoms in total. The fraction of sp³-hybridized carbons (Fsp3) is 0.857. The maximum absolute atomic E-state index is 3.71. The van der Waals surface area contributed by atoms with Gasteiger partial charge in [0.1, 0.15) is 0 Å². The molecule has 0 bridgehead atoms. The third kappa shape index (κ3) is 8.70. The van der Waals surface area contributed by atoms with Crippen LogP contribution in [0.3, 0.4) is 0 Å². The van der Waals surface area contributed by atoms with Crippen molar-refractivity contribution in [1.29, 1.82) is 0 Å². The van der Waals surface area contributed by atoms with Crippen LogP contribution in [-0.2, 0) is 0 Å². The summed E-state index contributed by atoms with van der Waals surface area (Å²) in [5, 5.41) is 0. The van der Waals surface area contributed by atoms with Crippen molar-refractivity contribution in [2.24, 2.45) is 0 Å². The van der Waals surface area contributed by atoms with E-state index in [0.29, 0.717) is 0 Å². The van der Waals surface area contributed by atoms with Gasteiger partial charge < -0.3 is 0 Å². The fourth-order valence-electron chi connectivity index (χ4n) is 0.466. The number of rotatable bonds is 6. The molecule has 9 heavy (non-hydrogen) atoms. The Morgan fingerprint density at radius 1 is 1.22 bits per heavy atom. The van der Waals surface area contributed by atoms with Crippen LogP contribution in [0.15, 0.2) is 0 Å². The molecule has 0 unspecified atom stereocenters. The molecule has 0 rings (SSSR count). The van der Waals surface area contributed by atoms with Gasteiger partial charge in [0, 0.05) is 17.8 Å². The number of hydrogen-bond donors (Lipinski definition) is 0. The lowest BCUT2D eigenvalue weighted by Crippen LogP contribution is -1.84. The lowest BCUT2D eigenvalue weighted by molar-refractivity contribution is 0.896. The summed E-state index contributed by atoms with van der Waals surface area (Å²) in [5.41, 5.74) is 0. The van der Waals surface area contributed by atoms with E-state index in [2.05, 4.69) is 13.2 Å². The molecule has 0 saturated heterocycles. The topological polar surface area (TPSA) is 0 Å². The van der Waals surface area contributed by atoms with Crippen LogP contribution in [0.2, 0.25) is 0 Å². The van der Waals surface area contributed by atoms with Gasteiger partial charge in [-0.2, -0.15) is 23.5 Å². The predicted octanol–water partition coefficient (Wildman–Crippen LogP) is 3.04. The number of hydrogen-bond acceptors (Lipinski definition) is 2. The smallest absolute Gasteiger partial charge is 0.00238 e. The highest BCUT2D eigenvalue weighted by molar-refractivity contribution is 8.03. The second-order valence-electron chi connectivity index (χ2n) is 1.87. The van der Waals surface area contributed by atoms with Gasteiger partial charge in [-0.05, 0) is 12.2 Å². The maximum Gasteiger partial charge on any atom is 0.00238 e. The van der Waals surface area contributed by atoms with Crippen molar-refractivity contribution in [2.45, 2.75) is 19.8 Å². The van der Waals surface area contributed by atoms with Gasteiger partial charge in [0.25, 0.3) is 0 Å². The van der Waals surface area contributed by atoms with Crippen molar-refractivity contribution in [1.82, 2.24) is 0 Å². The molecule has 1 radical (unpaired) electrons. The molecule has 0 atom stereocenters. The summed E-state index contributed by atoms with van der Waals surface area (Å²) in [6.45, 7) is 2.23. The van der Waals surface area contributed by atoms with E-state index in [1.807, 2.05) is 11.8 Å². The summed E-state index contributed by atoms with van der Waals surface area (Å²) in [7, 11) is 0. The average Bonchev–Trinajstić information content (AvgIpc) is 1.89. The van der Waals surface area contributed by atoms with Crippen molar-refractivity contribution in [2.75, 3.05) is 17.3 Å². The van der Waals surface area contributed by atoms with E-state index in [-0.39, 0.29) is 0 Å². The van der Waals surface area contributed by atoms with Crippen LogP contribution in [-0.4, -0.2) is 17.3 Å². The Hall–Kier alpha value is 0.700. The fourth-order valence-corrected chi connectivity index (χ4v) is 2.11. The molecule has 0 amide bonds. The van der Waals surface area contributed by atoms with E-state index in [1.54, 1.807) is 11.8 Å². The molecule has 0 aliphatic heterocycles.